The van der Waals surface area contributed by atoms with Crippen molar-refractivity contribution >= 4 is 40.7 Å². The van der Waals surface area contributed by atoms with Crippen molar-refractivity contribution < 1.29 is 9.59 Å². The highest BCUT2D eigenvalue weighted by molar-refractivity contribution is 6.33. The Labute approximate surface area is 168 Å². The van der Waals surface area contributed by atoms with Crippen LogP contribution in [0.25, 0.3) is 0 Å². The summed E-state index contributed by atoms with van der Waals surface area (Å²) in [6.45, 7) is 0. The molecule has 142 valence electrons. The molecule has 2 amide bonds. The van der Waals surface area contributed by atoms with Gasteiger partial charge in [-0.2, -0.15) is 0 Å². The maximum Gasteiger partial charge on any atom is 0.255 e. The minimum atomic E-state index is -0.401. The van der Waals surface area contributed by atoms with Gasteiger partial charge in [0.05, 0.1) is 11.3 Å². The molecule has 0 atom stereocenters. The predicted molar refractivity (Wildman–Crippen MR) is 108 cm³/mol. The van der Waals surface area contributed by atoms with Gasteiger partial charge in [0.2, 0.25) is 0 Å². The molecule has 1 fully saturated rings. The summed E-state index contributed by atoms with van der Waals surface area (Å²) in [5, 5.41) is 3.06. The van der Waals surface area contributed by atoms with E-state index in [4.69, 9.17) is 23.2 Å². The average Bonchev–Trinajstić information content (AvgIpc) is 2.67. The van der Waals surface area contributed by atoms with E-state index in [1.165, 1.54) is 18.6 Å². The van der Waals surface area contributed by atoms with E-state index in [1.807, 2.05) is 7.05 Å². The molecule has 0 spiro atoms. The first-order valence-corrected chi connectivity index (χ1v) is 9.72. The van der Waals surface area contributed by atoms with Gasteiger partial charge in [-0.05, 0) is 37.1 Å². The number of amides is 2. The fourth-order valence-electron chi connectivity index (χ4n) is 3.39. The first-order valence-electron chi connectivity index (χ1n) is 8.96. The van der Waals surface area contributed by atoms with Crippen LogP contribution in [0.15, 0.2) is 36.4 Å². The highest BCUT2D eigenvalue weighted by Crippen LogP contribution is 2.25. The van der Waals surface area contributed by atoms with Crippen LogP contribution in [-0.2, 0) is 0 Å². The molecule has 1 aliphatic rings. The highest BCUT2D eigenvalue weighted by atomic mass is 35.5. The summed E-state index contributed by atoms with van der Waals surface area (Å²) >= 11 is 11.7. The second-order valence-electron chi connectivity index (χ2n) is 6.71. The van der Waals surface area contributed by atoms with Gasteiger partial charge in [0, 0.05) is 18.7 Å². The summed E-state index contributed by atoms with van der Waals surface area (Å²) in [6.07, 6.45) is 5.55. The van der Waals surface area contributed by atoms with Crippen molar-refractivity contribution in [1.82, 2.24) is 9.88 Å². The van der Waals surface area contributed by atoms with Crippen LogP contribution in [0.4, 0.5) is 5.69 Å². The van der Waals surface area contributed by atoms with Crippen molar-refractivity contribution in [1.29, 1.82) is 0 Å². The number of para-hydroxylation sites is 1. The molecule has 27 heavy (non-hydrogen) atoms. The van der Waals surface area contributed by atoms with E-state index in [2.05, 4.69) is 10.3 Å². The number of pyridine rings is 1. The minimum Gasteiger partial charge on any atom is -0.339 e. The van der Waals surface area contributed by atoms with Gasteiger partial charge in [-0.3, -0.25) is 9.59 Å². The molecule has 0 aliphatic heterocycles. The number of halogens is 2. The fourth-order valence-corrected chi connectivity index (χ4v) is 3.85. The Morgan fingerprint density at radius 2 is 1.70 bits per heavy atom. The normalized spacial score (nSPS) is 14.6. The number of benzene rings is 1. The molecule has 1 N–H and O–H groups in total. The monoisotopic (exact) mass is 405 g/mol. The molecule has 1 aromatic heterocycles. The van der Waals surface area contributed by atoms with Gasteiger partial charge in [0.1, 0.15) is 10.3 Å². The van der Waals surface area contributed by atoms with E-state index in [1.54, 1.807) is 29.2 Å². The molecule has 1 aliphatic carbocycles. The number of aromatic nitrogens is 1. The van der Waals surface area contributed by atoms with Crippen LogP contribution in [0.3, 0.4) is 0 Å². The number of rotatable bonds is 4. The van der Waals surface area contributed by atoms with Crippen molar-refractivity contribution in [3.8, 4) is 0 Å². The lowest BCUT2D eigenvalue weighted by molar-refractivity contribution is 0.0697. The molecule has 1 heterocycles. The number of hydrogen-bond acceptors (Lipinski definition) is 3. The summed E-state index contributed by atoms with van der Waals surface area (Å²) in [5.41, 5.74) is 1.20. The molecule has 5 nitrogen and oxygen atoms in total. The number of hydrogen-bond donors (Lipinski definition) is 1. The third-order valence-corrected chi connectivity index (χ3v) is 5.26. The van der Waals surface area contributed by atoms with E-state index in [-0.39, 0.29) is 27.8 Å². The van der Waals surface area contributed by atoms with Crippen LogP contribution >= 0.6 is 23.2 Å². The van der Waals surface area contributed by atoms with Gasteiger partial charge < -0.3 is 10.2 Å². The summed E-state index contributed by atoms with van der Waals surface area (Å²) < 4.78 is 0. The number of anilines is 1. The summed E-state index contributed by atoms with van der Waals surface area (Å²) in [4.78, 5) is 31.2. The van der Waals surface area contributed by atoms with Crippen molar-refractivity contribution in [3.05, 3.63) is 57.8 Å². The number of carbonyl (C=O) groups excluding carboxylic acids is 2. The van der Waals surface area contributed by atoms with Crippen LogP contribution in [-0.4, -0.2) is 34.8 Å². The third-order valence-electron chi connectivity index (χ3n) is 4.87. The SMILES string of the molecule is CN(C(=O)c1ccccc1NC(=O)c1cc(Cl)nc(Cl)c1)C1CCCCC1. The Morgan fingerprint density at radius 1 is 1.07 bits per heavy atom. The van der Waals surface area contributed by atoms with Crippen molar-refractivity contribution in [2.45, 2.75) is 38.1 Å². The Kier molecular flexibility index (Phi) is 6.34. The molecule has 0 saturated heterocycles. The second-order valence-corrected chi connectivity index (χ2v) is 7.48. The lowest BCUT2D eigenvalue weighted by atomic mass is 9.94. The van der Waals surface area contributed by atoms with Crippen LogP contribution < -0.4 is 5.32 Å². The Hall–Kier alpha value is -2.11. The lowest BCUT2D eigenvalue weighted by Crippen LogP contribution is -2.38. The Bertz CT molecular complexity index is 831. The zero-order valence-corrected chi connectivity index (χ0v) is 16.6. The maximum absolute atomic E-state index is 13.0. The number of nitrogens with zero attached hydrogens (tertiary/aromatic N) is 2. The lowest BCUT2D eigenvalue weighted by Gasteiger charge is -2.31. The van der Waals surface area contributed by atoms with Gasteiger partial charge in [-0.1, -0.05) is 54.6 Å². The van der Waals surface area contributed by atoms with Gasteiger partial charge >= 0.3 is 0 Å². The quantitative estimate of drug-likeness (QED) is 0.724. The topological polar surface area (TPSA) is 62.3 Å². The molecule has 7 heteroatoms. The van der Waals surface area contributed by atoms with Crippen LogP contribution in [0.1, 0.15) is 52.8 Å². The molecule has 0 radical (unpaired) electrons. The van der Waals surface area contributed by atoms with Gasteiger partial charge in [0.25, 0.3) is 11.8 Å². The van der Waals surface area contributed by atoms with Gasteiger partial charge in [-0.15, -0.1) is 0 Å². The number of nitrogens with one attached hydrogen (secondary N) is 1. The van der Waals surface area contributed by atoms with Crippen LogP contribution in [0.5, 0.6) is 0 Å². The molecule has 0 unspecified atom stereocenters. The molecule has 1 aromatic carbocycles. The largest absolute Gasteiger partial charge is 0.339 e. The second kappa shape index (κ2) is 8.72. The molecular weight excluding hydrogens is 385 g/mol. The van der Waals surface area contributed by atoms with Crippen molar-refractivity contribution in [2.75, 3.05) is 12.4 Å². The van der Waals surface area contributed by atoms with E-state index in [0.29, 0.717) is 11.3 Å². The van der Waals surface area contributed by atoms with E-state index in [0.717, 1.165) is 25.7 Å². The first kappa shape index (κ1) is 19.6. The average molecular weight is 406 g/mol. The van der Waals surface area contributed by atoms with Gasteiger partial charge in [-0.25, -0.2) is 4.98 Å². The smallest absolute Gasteiger partial charge is 0.255 e. The predicted octanol–water partition coefficient (Wildman–Crippen LogP) is 5.05. The van der Waals surface area contributed by atoms with E-state index in [9.17, 15) is 9.59 Å². The van der Waals surface area contributed by atoms with Crippen molar-refractivity contribution in [3.63, 3.8) is 0 Å². The zero-order chi connectivity index (χ0) is 19.4. The first-order chi connectivity index (χ1) is 13.0. The van der Waals surface area contributed by atoms with E-state index >= 15 is 0 Å². The van der Waals surface area contributed by atoms with Crippen LogP contribution in [0, 0.1) is 0 Å². The molecule has 1 saturated carbocycles. The van der Waals surface area contributed by atoms with Crippen LogP contribution in [0.2, 0.25) is 10.3 Å². The number of carbonyl (C=O) groups is 2. The zero-order valence-electron chi connectivity index (χ0n) is 15.0. The summed E-state index contributed by atoms with van der Waals surface area (Å²) in [5.74, 6) is -0.495. The third kappa shape index (κ3) is 4.79. The molecule has 0 bridgehead atoms. The molecular formula is C20H21Cl2N3O2. The standard InChI is InChI=1S/C20H21Cl2N3O2/c1-25(14-7-3-2-4-8-14)20(27)15-9-5-6-10-16(15)23-19(26)13-11-17(21)24-18(22)12-13/h5-6,9-12,14H,2-4,7-8H2,1H3,(H,23,26). The maximum atomic E-state index is 13.0. The van der Waals surface area contributed by atoms with Gasteiger partial charge in [0.15, 0.2) is 0 Å². The van der Waals surface area contributed by atoms with Crippen molar-refractivity contribution in [2.24, 2.45) is 0 Å². The Morgan fingerprint density at radius 3 is 2.37 bits per heavy atom. The fraction of sp³-hybridized carbons (Fsp3) is 0.350. The summed E-state index contributed by atoms with van der Waals surface area (Å²) in [6, 6.07) is 10.1. The minimum absolute atomic E-state index is 0.0939. The Balaban J connectivity index is 1.81. The summed E-state index contributed by atoms with van der Waals surface area (Å²) in [7, 11) is 1.83. The molecule has 2 aromatic rings. The molecule has 3 rings (SSSR count). The highest BCUT2D eigenvalue weighted by Gasteiger charge is 2.25. The van der Waals surface area contributed by atoms with E-state index < -0.39 is 5.91 Å².